The van der Waals surface area contributed by atoms with Crippen LogP contribution in [0.25, 0.3) is 0 Å². The Kier molecular flexibility index (Phi) is 4.75. The first-order valence-corrected chi connectivity index (χ1v) is 5.29. The van der Waals surface area contributed by atoms with Crippen molar-refractivity contribution in [3.05, 3.63) is 29.3 Å². The monoisotopic (exact) mass is 275 g/mol. The van der Waals surface area contributed by atoms with E-state index >= 15 is 0 Å². The standard InChI is InChI=1S/C12H12F3NO3/c1-19-9-5-7(11(18)10(17)2-3-16)4-8(6-9)12(13,14)15/h4-6,10-11,17-18H,2H2,1H3. The summed E-state index contributed by atoms with van der Waals surface area (Å²) in [7, 11) is 1.19. The summed E-state index contributed by atoms with van der Waals surface area (Å²) < 4.78 is 42.7. The summed E-state index contributed by atoms with van der Waals surface area (Å²) >= 11 is 0. The molecule has 0 spiro atoms. The van der Waals surface area contributed by atoms with Crippen LogP contribution in [0.5, 0.6) is 5.75 Å². The van der Waals surface area contributed by atoms with Crippen molar-refractivity contribution < 1.29 is 28.1 Å². The highest BCUT2D eigenvalue weighted by molar-refractivity contribution is 5.37. The number of hydrogen-bond donors (Lipinski definition) is 2. The van der Waals surface area contributed by atoms with E-state index < -0.39 is 23.9 Å². The number of methoxy groups -OCH3 is 1. The summed E-state index contributed by atoms with van der Waals surface area (Å²) in [6.07, 6.45) is -8.03. The molecule has 0 radical (unpaired) electrons. The third kappa shape index (κ3) is 3.84. The molecule has 0 bridgehead atoms. The maximum absolute atomic E-state index is 12.6. The molecule has 2 atom stereocenters. The van der Waals surface area contributed by atoms with Crippen molar-refractivity contribution in [3.8, 4) is 11.8 Å². The first-order valence-electron chi connectivity index (χ1n) is 5.29. The molecule has 0 saturated carbocycles. The van der Waals surface area contributed by atoms with E-state index in [2.05, 4.69) is 0 Å². The Morgan fingerprint density at radius 3 is 2.42 bits per heavy atom. The molecule has 1 aromatic rings. The Morgan fingerprint density at radius 2 is 1.95 bits per heavy atom. The molecule has 0 saturated heterocycles. The highest BCUT2D eigenvalue weighted by atomic mass is 19.4. The van der Waals surface area contributed by atoms with Gasteiger partial charge in [-0.2, -0.15) is 18.4 Å². The molecule has 1 rings (SSSR count). The summed E-state index contributed by atoms with van der Waals surface area (Å²) in [5, 5.41) is 27.5. The maximum Gasteiger partial charge on any atom is 0.416 e. The molecule has 0 heterocycles. The van der Waals surface area contributed by atoms with E-state index in [4.69, 9.17) is 10.00 Å². The maximum atomic E-state index is 12.6. The van der Waals surface area contributed by atoms with Crippen molar-refractivity contribution in [2.24, 2.45) is 0 Å². The second-order valence-electron chi connectivity index (χ2n) is 3.87. The summed E-state index contributed by atoms with van der Waals surface area (Å²) in [6, 6.07) is 4.31. The SMILES string of the molecule is COc1cc(C(O)C(O)CC#N)cc(C(F)(F)F)c1. The van der Waals surface area contributed by atoms with Gasteiger partial charge in [0.15, 0.2) is 0 Å². The van der Waals surface area contributed by atoms with E-state index in [-0.39, 0.29) is 17.7 Å². The molecule has 2 unspecified atom stereocenters. The van der Waals surface area contributed by atoms with Gasteiger partial charge in [-0.15, -0.1) is 0 Å². The Bertz CT molecular complexity index is 482. The lowest BCUT2D eigenvalue weighted by Crippen LogP contribution is -2.18. The Labute approximate surface area is 107 Å². The van der Waals surface area contributed by atoms with Crippen LogP contribution in [0.1, 0.15) is 23.7 Å². The lowest BCUT2D eigenvalue weighted by Gasteiger charge is -2.18. The lowest BCUT2D eigenvalue weighted by molar-refractivity contribution is -0.137. The summed E-state index contributed by atoms with van der Waals surface area (Å²) in [5.74, 6) is -0.0898. The molecule has 0 aliphatic rings. The highest BCUT2D eigenvalue weighted by Gasteiger charge is 2.32. The Morgan fingerprint density at radius 1 is 1.32 bits per heavy atom. The van der Waals surface area contributed by atoms with E-state index in [1.54, 1.807) is 6.07 Å². The van der Waals surface area contributed by atoms with Gasteiger partial charge in [0.25, 0.3) is 0 Å². The predicted octanol–water partition coefficient (Wildman–Crippen LogP) is 2.02. The largest absolute Gasteiger partial charge is 0.497 e. The third-order valence-corrected chi connectivity index (χ3v) is 2.50. The average molecular weight is 275 g/mol. The third-order valence-electron chi connectivity index (χ3n) is 2.50. The number of halogens is 3. The number of nitriles is 1. The van der Waals surface area contributed by atoms with Crippen molar-refractivity contribution in [2.75, 3.05) is 7.11 Å². The van der Waals surface area contributed by atoms with E-state index in [9.17, 15) is 23.4 Å². The lowest BCUT2D eigenvalue weighted by atomic mass is 10.00. The fourth-order valence-corrected chi connectivity index (χ4v) is 1.50. The Balaban J connectivity index is 3.17. The van der Waals surface area contributed by atoms with Crippen LogP contribution >= 0.6 is 0 Å². The van der Waals surface area contributed by atoms with Crippen molar-refractivity contribution in [3.63, 3.8) is 0 Å². The van der Waals surface area contributed by atoms with Crippen LogP contribution in [0.2, 0.25) is 0 Å². The van der Waals surface area contributed by atoms with Crippen molar-refractivity contribution >= 4 is 0 Å². The fourth-order valence-electron chi connectivity index (χ4n) is 1.50. The molecule has 0 amide bonds. The molecule has 0 fully saturated rings. The number of alkyl halides is 3. The number of benzene rings is 1. The number of aliphatic hydroxyl groups is 2. The zero-order valence-corrected chi connectivity index (χ0v) is 9.98. The smallest absolute Gasteiger partial charge is 0.416 e. The molecule has 1 aromatic carbocycles. The van der Waals surface area contributed by atoms with Gasteiger partial charge in [-0.1, -0.05) is 0 Å². The fraction of sp³-hybridized carbons (Fsp3) is 0.417. The number of ether oxygens (including phenoxy) is 1. The van der Waals surface area contributed by atoms with Gasteiger partial charge in [0.1, 0.15) is 11.9 Å². The van der Waals surface area contributed by atoms with E-state index in [0.717, 1.165) is 6.07 Å². The van der Waals surface area contributed by atoms with E-state index in [0.29, 0.717) is 6.07 Å². The van der Waals surface area contributed by atoms with Crippen LogP contribution in [0.15, 0.2) is 18.2 Å². The first kappa shape index (κ1) is 15.3. The molecule has 4 nitrogen and oxygen atoms in total. The van der Waals surface area contributed by atoms with Crippen molar-refractivity contribution in [2.45, 2.75) is 24.8 Å². The second-order valence-corrected chi connectivity index (χ2v) is 3.87. The molecule has 19 heavy (non-hydrogen) atoms. The molecule has 104 valence electrons. The molecular formula is C12H12F3NO3. The second kappa shape index (κ2) is 5.91. The van der Waals surface area contributed by atoms with Gasteiger partial charge in [0.2, 0.25) is 0 Å². The summed E-state index contributed by atoms with van der Waals surface area (Å²) in [5.41, 5.74) is -1.15. The van der Waals surface area contributed by atoms with Gasteiger partial charge in [0.05, 0.1) is 31.3 Å². The van der Waals surface area contributed by atoms with Gasteiger partial charge in [0, 0.05) is 0 Å². The minimum atomic E-state index is -4.59. The van der Waals surface area contributed by atoms with Crippen LogP contribution in [-0.2, 0) is 6.18 Å². The van der Waals surface area contributed by atoms with Crippen LogP contribution in [0.3, 0.4) is 0 Å². The summed E-state index contributed by atoms with van der Waals surface area (Å²) in [6.45, 7) is 0. The normalized spacial score (nSPS) is 14.6. The van der Waals surface area contributed by atoms with Gasteiger partial charge in [-0.25, -0.2) is 0 Å². The topological polar surface area (TPSA) is 73.5 Å². The van der Waals surface area contributed by atoms with E-state index in [1.807, 2.05) is 0 Å². The molecule has 0 aromatic heterocycles. The van der Waals surface area contributed by atoms with Crippen LogP contribution in [-0.4, -0.2) is 23.4 Å². The Hall–Kier alpha value is -1.78. The zero-order chi connectivity index (χ0) is 14.6. The zero-order valence-electron chi connectivity index (χ0n) is 9.98. The van der Waals surface area contributed by atoms with Crippen molar-refractivity contribution in [1.82, 2.24) is 0 Å². The molecule has 0 aliphatic heterocycles. The average Bonchev–Trinajstić information content (AvgIpc) is 2.36. The molecule has 0 aliphatic carbocycles. The van der Waals surface area contributed by atoms with Gasteiger partial charge in [-0.3, -0.25) is 0 Å². The van der Waals surface area contributed by atoms with Crippen molar-refractivity contribution in [1.29, 1.82) is 5.26 Å². The first-order chi connectivity index (χ1) is 8.79. The van der Waals surface area contributed by atoms with Crippen LogP contribution in [0.4, 0.5) is 13.2 Å². The summed E-state index contributed by atoms with van der Waals surface area (Å²) in [4.78, 5) is 0. The van der Waals surface area contributed by atoms with Crippen LogP contribution < -0.4 is 4.74 Å². The predicted molar refractivity (Wildman–Crippen MR) is 59.2 cm³/mol. The minimum Gasteiger partial charge on any atom is -0.497 e. The number of hydrogen-bond acceptors (Lipinski definition) is 4. The molecule has 7 heteroatoms. The van der Waals surface area contributed by atoms with Gasteiger partial charge in [-0.05, 0) is 23.8 Å². The number of rotatable bonds is 4. The highest BCUT2D eigenvalue weighted by Crippen LogP contribution is 2.34. The number of aliphatic hydroxyl groups excluding tert-OH is 2. The van der Waals surface area contributed by atoms with Crippen LogP contribution in [0, 0.1) is 11.3 Å². The molecular weight excluding hydrogens is 263 g/mol. The molecule has 2 N–H and O–H groups in total. The number of nitrogens with zero attached hydrogens (tertiary/aromatic N) is 1. The quantitative estimate of drug-likeness (QED) is 0.881. The van der Waals surface area contributed by atoms with Gasteiger partial charge >= 0.3 is 6.18 Å². The minimum absolute atomic E-state index is 0.0898. The van der Waals surface area contributed by atoms with Gasteiger partial charge < -0.3 is 14.9 Å². The van der Waals surface area contributed by atoms with E-state index in [1.165, 1.54) is 13.2 Å².